The predicted octanol–water partition coefficient (Wildman–Crippen LogP) is 4.30. The molecular formula is C22H27N3O2S2. The van der Waals surface area contributed by atoms with E-state index in [9.17, 15) is 9.59 Å². The Morgan fingerprint density at radius 1 is 1.17 bits per heavy atom. The first-order valence-corrected chi connectivity index (χ1v) is 12.4. The van der Waals surface area contributed by atoms with Crippen LogP contribution in [0.5, 0.6) is 0 Å². The largest absolute Gasteiger partial charge is 0.349 e. The number of carbonyl (C=O) groups is 2. The van der Waals surface area contributed by atoms with E-state index in [1.54, 1.807) is 28.0 Å². The molecule has 154 valence electrons. The number of amides is 2. The van der Waals surface area contributed by atoms with Crippen LogP contribution in [0.15, 0.2) is 35.7 Å². The first-order valence-electron chi connectivity index (χ1n) is 10.4. The molecule has 4 rings (SSSR count). The van der Waals surface area contributed by atoms with Gasteiger partial charge in [-0.3, -0.25) is 9.59 Å². The summed E-state index contributed by atoms with van der Waals surface area (Å²) < 4.78 is 0. The van der Waals surface area contributed by atoms with Crippen molar-refractivity contribution in [3.63, 3.8) is 0 Å². The van der Waals surface area contributed by atoms with Crippen molar-refractivity contribution >= 4 is 34.9 Å². The minimum atomic E-state index is -0.358. The number of hydrogen-bond donors (Lipinski definition) is 1. The molecule has 1 aliphatic carbocycles. The van der Waals surface area contributed by atoms with Crippen molar-refractivity contribution in [1.82, 2.24) is 15.2 Å². The Morgan fingerprint density at radius 2 is 1.97 bits per heavy atom. The van der Waals surface area contributed by atoms with Crippen molar-refractivity contribution in [2.24, 2.45) is 5.92 Å². The Hall–Kier alpha value is -1.86. The molecule has 2 amide bonds. The first kappa shape index (κ1) is 20.4. The van der Waals surface area contributed by atoms with E-state index < -0.39 is 0 Å². The van der Waals surface area contributed by atoms with E-state index in [1.165, 1.54) is 25.7 Å². The molecule has 5 nitrogen and oxygen atoms in total. The second-order valence-corrected chi connectivity index (χ2v) is 9.65. The molecular weight excluding hydrogens is 402 g/mol. The average molecular weight is 430 g/mol. The number of hydrogen-bond acceptors (Lipinski definition) is 5. The second kappa shape index (κ2) is 9.76. The third-order valence-corrected chi connectivity index (χ3v) is 7.72. The molecule has 1 saturated carbocycles. The van der Waals surface area contributed by atoms with Gasteiger partial charge < -0.3 is 10.2 Å². The number of thioether (sulfide) groups is 1. The number of thiazole rings is 1. The van der Waals surface area contributed by atoms with Crippen molar-refractivity contribution < 1.29 is 9.59 Å². The van der Waals surface area contributed by atoms with Crippen molar-refractivity contribution in [2.75, 3.05) is 11.6 Å². The highest BCUT2D eigenvalue weighted by molar-refractivity contribution is 7.99. The van der Waals surface area contributed by atoms with Crippen LogP contribution >= 0.6 is 23.1 Å². The quantitative estimate of drug-likeness (QED) is 0.713. The number of nitrogens with one attached hydrogen (secondary N) is 1. The molecule has 1 N–H and O–H groups in total. The smallest absolute Gasteiger partial charge is 0.244 e. The third kappa shape index (κ3) is 5.20. The van der Waals surface area contributed by atoms with Crippen LogP contribution < -0.4 is 5.32 Å². The molecule has 1 saturated heterocycles. The van der Waals surface area contributed by atoms with Gasteiger partial charge in [0.05, 0.1) is 18.1 Å². The van der Waals surface area contributed by atoms with Crippen molar-refractivity contribution in [3.8, 4) is 10.6 Å². The van der Waals surface area contributed by atoms with Crippen molar-refractivity contribution in [3.05, 3.63) is 41.4 Å². The number of benzene rings is 1. The molecule has 1 aliphatic heterocycles. The van der Waals surface area contributed by atoms with Gasteiger partial charge in [0.1, 0.15) is 11.0 Å². The van der Waals surface area contributed by atoms with Gasteiger partial charge >= 0.3 is 0 Å². The fraction of sp³-hybridized carbons (Fsp3) is 0.500. The molecule has 2 aliphatic rings. The van der Waals surface area contributed by atoms with Gasteiger partial charge in [-0.25, -0.2) is 4.98 Å². The number of nitrogens with zero attached hydrogens (tertiary/aromatic N) is 2. The highest BCUT2D eigenvalue weighted by atomic mass is 32.2. The Morgan fingerprint density at radius 3 is 2.76 bits per heavy atom. The first-order chi connectivity index (χ1) is 14.2. The Bertz CT molecular complexity index is 834. The summed E-state index contributed by atoms with van der Waals surface area (Å²) in [6, 6.07) is 9.68. The zero-order chi connectivity index (χ0) is 20.1. The van der Waals surface area contributed by atoms with E-state index in [0.717, 1.165) is 22.7 Å². The van der Waals surface area contributed by atoms with E-state index in [0.29, 0.717) is 30.5 Å². The van der Waals surface area contributed by atoms with Crippen LogP contribution in [0.25, 0.3) is 10.6 Å². The van der Waals surface area contributed by atoms with Crippen LogP contribution in [0, 0.1) is 5.92 Å². The lowest BCUT2D eigenvalue weighted by Gasteiger charge is -2.23. The predicted molar refractivity (Wildman–Crippen MR) is 119 cm³/mol. The van der Waals surface area contributed by atoms with Gasteiger partial charge in [0.15, 0.2) is 0 Å². The zero-order valence-electron chi connectivity index (χ0n) is 16.5. The molecule has 2 fully saturated rings. The number of rotatable bonds is 7. The maximum absolute atomic E-state index is 12.7. The summed E-state index contributed by atoms with van der Waals surface area (Å²) in [6.45, 7) is 0.396. The Kier molecular flexibility index (Phi) is 6.87. The van der Waals surface area contributed by atoms with Crippen molar-refractivity contribution in [2.45, 2.75) is 51.1 Å². The zero-order valence-corrected chi connectivity index (χ0v) is 18.1. The highest BCUT2D eigenvalue weighted by Gasteiger charge is 2.34. The van der Waals surface area contributed by atoms with Gasteiger partial charge in [0.2, 0.25) is 11.8 Å². The Labute approximate surface area is 180 Å². The fourth-order valence-corrected chi connectivity index (χ4v) is 6.08. The van der Waals surface area contributed by atoms with Crippen LogP contribution in [0.4, 0.5) is 0 Å². The molecule has 1 aromatic heterocycles. The maximum atomic E-state index is 12.7. The maximum Gasteiger partial charge on any atom is 0.244 e. The molecule has 1 atom stereocenters. The van der Waals surface area contributed by atoms with Gasteiger partial charge in [-0.05, 0) is 12.3 Å². The van der Waals surface area contributed by atoms with Crippen LogP contribution in [-0.2, 0) is 16.1 Å². The lowest BCUT2D eigenvalue weighted by Crippen LogP contribution is -2.47. The molecule has 2 heterocycles. The van der Waals surface area contributed by atoms with E-state index >= 15 is 0 Å². The summed E-state index contributed by atoms with van der Waals surface area (Å²) in [5, 5.41) is 5.92. The second-order valence-electron chi connectivity index (χ2n) is 7.80. The SMILES string of the molecule is O=C(NCc1csc(-c2ccccc2)n1)C1CSCN1C(=O)CCC1CCCC1. The molecule has 0 radical (unpaired) electrons. The van der Waals surface area contributed by atoms with Crippen LogP contribution in [0.2, 0.25) is 0 Å². The Balaban J connectivity index is 1.28. The third-order valence-electron chi connectivity index (χ3n) is 5.76. The molecule has 7 heteroatoms. The van der Waals surface area contributed by atoms with E-state index in [2.05, 4.69) is 10.3 Å². The van der Waals surface area contributed by atoms with Gasteiger partial charge in [0, 0.05) is 23.1 Å². The van der Waals surface area contributed by atoms with E-state index in [-0.39, 0.29) is 17.9 Å². The summed E-state index contributed by atoms with van der Waals surface area (Å²) in [4.78, 5) is 31.8. The molecule has 29 heavy (non-hydrogen) atoms. The van der Waals surface area contributed by atoms with Gasteiger partial charge in [-0.2, -0.15) is 0 Å². The molecule has 1 aromatic carbocycles. The lowest BCUT2D eigenvalue weighted by atomic mass is 10.0. The number of aromatic nitrogens is 1. The van der Waals surface area contributed by atoms with Crippen LogP contribution in [-0.4, -0.2) is 39.4 Å². The minimum Gasteiger partial charge on any atom is -0.349 e. The summed E-state index contributed by atoms with van der Waals surface area (Å²) in [5.74, 6) is 2.05. The number of carbonyl (C=O) groups excluding carboxylic acids is 2. The summed E-state index contributed by atoms with van der Waals surface area (Å²) in [6.07, 6.45) is 6.64. The van der Waals surface area contributed by atoms with Crippen molar-refractivity contribution in [1.29, 1.82) is 0 Å². The fourth-order valence-electron chi connectivity index (χ4n) is 4.07. The molecule has 1 unspecified atom stereocenters. The molecule has 0 spiro atoms. The average Bonchev–Trinajstić information content (AvgIpc) is 3.52. The standard InChI is InChI=1S/C22H27N3O2S2/c26-20(11-10-16-6-4-5-7-16)25-15-28-14-19(25)21(27)23-12-18-13-29-22(24-18)17-8-2-1-3-9-17/h1-3,8-9,13,16,19H,4-7,10-12,14-15H2,(H,23,27). The summed E-state index contributed by atoms with van der Waals surface area (Å²) in [5.41, 5.74) is 1.94. The monoisotopic (exact) mass is 429 g/mol. The van der Waals surface area contributed by atoms with Crippen LogP contribution in [0.1, 0.15) is 44.2 Å². The lowest BCUT2D eigenvalue weighted by molar-refractivity contribution is -0.138. The summed E-state index contributed by atoms with van der Waals surface area (Å²) >= 11 is 3.24. The van der Waals surface area contributed by atoms with Gasteiger partial charge in [-0.1, -0.05) is 56.0 Å². The van der Waals surface area contributed by atoms with Gasteiger partial charge in [-0.15, -0.1) is 23.1 Å². The van der Waals surface area contributed by atoms with Gasteiger partial charge in [0.25, 0.3) is 0 Å². The van der Waals surface area contributed by atoms with Crippen LogP contribution in [0.3, 0.4) is 0 Å². The molecule has 2 aromatic rings. The van der Waals surface area contributed by atoms with E-state index in [1.807, 2.05) is 35.7 Å². The normalized spacial score (nSPS) is 19.6. The van der Waals surface area contributed by atoms with E-state index in [4.69, 9.17) is 0 Å². The molecule has 0 bridgehead atoms. The highest BCUT2D eigenvalue weighted by Crippen LogP contribution is 2.30. The topological polar surface area (TPSA) is 62.3 Å². The minimum absolute atomic E-state index is 0.0709. The summed E-state index contributed by atoms with van der Waals surface area (Å²) in [7, 11) is 0.